The Kier molecular flexibility index (Phi) is 7.14. The van der Waals surface area contributed by atoms with E-state index in [-0.39, 0.29) is 0 Å². The van der Waals surface area contributed by atoms with Crippen LogP contribution < -0.4 is 10.1 Å². The van der Waals surface area contributed by atoms with E-state index in [0.29, 0.717) is 12.6 Å². The first-order valence-electron chi connectivity index (χ1n) is 6.34. The van der Waals surface area contributed by atoms with Crippen molar-refractivity contribution in [1.29, 1.82) is 0 Å². The molecule has 0 amide bonds. The number of methoxy groups -OCH3 is 1. The summed E-state index contributed by atoms with van der Waals surface area (Å²) in [6, 6.07) is 8.40. The lowest BCUT2D eigenvalue weighted by Gasteiger charge is -2.14. The number of hydrogen-bond donors (Lipinski definition) is 1. The molecule has 0 aliphatic carbocycles. The van der Waals surface area contributed by atoms with Gasteiger partial charge in [0.05, 0.1) is 6.61 Å². The van der Waals surface area contributed by atoms with Crippen LogP contribution in [0.1, 0.15) is 19.4 Å². The fourth-order valence-corrected chi connectivity index (χ4v) is 1.70. The SMILES string of the molecule is CC=Cc1ccccc1OCCNC(C)COC. The highest BCUT2D eigenvalue weighted by molar-refractivity contribution is 5.56. The first kappa shape index (κ1) is 14.7. The molecule has 0 spiro atoms. The zero-order valence-electron chi connectivity index (χ0n) is 11.5. The van der Waals surface area contributed by atoms with Gasteiger partial charge in [-0.2, -0.15) is 0 Å². The summed E-state index contributed by atoms with van der Waals surface area (Å²) in [7, 11) is 1.71. The predicted octanol–water partition coefficient (Wildman–Crippen LogP) is 2.72. The number of nitrogens with one attached hydrogen (secondary N) is 1. The lowest BCUT2D eigenvalue weighted by molar-refractivity contribution is 0.169. The van der Waals surface area contributed by atoms with E-state index < -0.39 is 0 Å². The first-order chi connectivity index (χ1) is 8.77. The highest BCUT2D eigenvalue weighted by atomic mass is 16.5. The quantitative estimate of drug-likeness (QED) is 0.719. The molecule has 100 valence electrons. The minimum Gasteiger partial charge on any atom is -0.492 e. The Balaban J connectivity index is 2.35. The maximum Gasteiger partial charge on any atom is 0.126 e. The summed E-state index contributed by atoms with van der Waals surface area (Å²) in [5.41, 5.74) is 1.12. The van der Waals surface area contributed by atoms with E-state index in [4.69, 9.17) is 9.47 Å². The predicted molar refractivity (Wildman–Crippen MR) is 76.0 cm³/mol. The third-order valence-corrected chi connectivity index (χ3v) is 2.53. The molecule has 0 saturated carbocycles. The maximum absolute atomic E-state index is 5.76. The minimum atomic E-state index is 0.351. The van der Waals surface area contributed by atoms with Crippen molar-refractivity contribution in [2.75, 3.05) is 26.9 Å². The number of benzene rings is 1. The molecule has 0 bridgehead atoms. The monoisotopic (exact) mass is 249 g/mol. The van der Waals surface area contributed by atoms with Gasteiger partial charge >= 0.3 is 0 Å². The molecule has 18 heavy (non-hydrogen) atoms. The summed E-state index contributed by atoms with van der Waals surface area (Å²) < 4.78 is 10.8. The molecule has 0 aliphatic heterocycles. The molecule has 1 aromatic rings. The fraction of sp³-hybridized carbons (Fsp3) is 0.467. The molecule has 0 radical (unpaired) electrons. The van der Waals surface area contributed by atoms with Gasteiger partial charge in [-0.3, -0.25) is 0 Å². The molecule has 1 rings (SSSR count). The Hall–Kier alpha value is -1.32. The standard InChI is InChI=1S/C15H23NO2/c1-4-7-14-8-5-6-9-15(14)18-11-10-16-13(2)12-17-3/h4-9,13,16H,10-12H2,1-3H3. The molecule has 1 aromatic carbocycles. The summed E-state index contributed by atoms with van der Waals surface area (Å²) in [6.07, 6.45) is 4.07. The largest absolute Gasteiger partial charge is 0.492 e. The number of rotatable bonds is 8. The van der Waals surface area contributed by atoms with E-state index in [0.717, 1.165) is 24.5 Å². The van der Waals surface area contributed by atoms with Crippen LogP contribution in [0.2, 0.25) is 0 Å². The van der Waals surface area contributed by atoms with Crippen LogP contribution in [0.3, 0.4) is 0 Å². The van der Waals surface area contributed by atoms with E-state index in [2.05, 4.69) is 24.4 Å². The molecule has 1 unspecified atom stereocenters. The average Bonchev–Trinajstić information content (AvgIpc) is 2.37. The molecule has 0 heterocycles. The second kappa shape index (κ2) is 8.72. The summed E-state index contributed by atoms with van der Waals surface area (Å²) in [5.74, 6) is 0.928. The lowest BCUT2D eigenvalue weighted by Crippen LogP contribution is -2.33. The van der Waals surface area contributed by atoms with Gasteiger partial charge < -0.3 is 14.8 Å². The Morgan fingerprint density at radius 1 is 1.33 bits per heavy atom. The highest BCUT2D eigenvalue weighted by Crippen LogP contribution is 2.19. The van der Waals surface area contributed by atoms with Crippen LogP contribution in [-0.4, -0.2) is 32.9 Å². The Bertz CT molecular complexity index is 363. The summed E-state index contributed by atoms with van der Waals surface area (Å²) in [6.45, 7) is 6.29. The molecule has 1 N–H and O–H groups in total. The summed E-state index contributed by atoms with van der Waals surface area (Å²) >= 11 is 0. The molecular weight excluding hydrogens is 226 g/mol. The summed E-state index contributed by atoms with van der Waals surface area (Å²) in [4.78, 5) is 0. The van der Waals surface area contributed by atoms with E-state index in [1.165, 1.54) is 0 Å². The molecule has 0 aliphatic rings. The zero-order valence-corrected chi connectivity index (χ0v) is 11.5. The van der Waals surface area contributed by atoms with Crippen LogP contribution in [0.4, 0.5) is 0 Å². The van der Waals surface area contributed by atoms with Crippen LogP contribution in [0.25, 0.3) is 6.08 Å². The van der Waals surface area contributed by atoms with E-state index >= 15 is 0 Å². The molecule has 3 nitrogen and oxygen atoms in total. The molecule has 0 fully saturated rings. The Labute approximate surface area is 110 Å². The van der Waals surface area contributed by atoms with Crippen molar-refractivity contribution >= 4 is 6.08 Å². The van der Waals surface area contributed by atoms with Crippen LogP contribution in [0.5, 0.6) is 5.75 Å². The minimum absolute atomic E-state index is 0.351. The molecule has 0 saturated heterocycles. The van der Waals surface area contributed by atoms with Gasteiger partial charge in [-0.05, 0) is 19.9 Å². The molecule has 1 atom stereocenters. The second-order valence-corrected chi connectivity index (χ2v) is 4.20. The van der Waals surface area contributed by atoms with Crippen LogP contribution in [0, 0.1) is 0 Å². The van der Waals surface area contributed by atoms with Crippen molar-refractivity contribution in [2.45, 2.75) is 19.9 Å². The molecule has 3 heteroatoms. The third kappa shape index (κ3) is 5.34. The zero-order chi connectivity index (χ0) is 13.2. The van der Waals surface area contributed by atoms with Gasteiger partial charge in [0, 0.05) is 25.3 Å². The lowest BCUT2D eigenvalue weighted by atomic mass is 10.2. The Morgan fingerprint density at radius 2 is 2.11 bits per heavy atom. The summed E-state index contributed by atoms with van der Waals surface area (Å²) in [5, 5.41) is 3.34. The van der Waals surface area contributed by atoms with Gasteiger partial charge in [0.15, 0.2) is 0 Å². The van der Waals surface area contributed by atoms with Crippen LogP contribution in [0.15, 0.2) is 30.3 Å². The van der Waals surface area contributed by atoms with Gasteiger partial charge in [-0.25, -0.2) is 0 Å². The van der Waals surface area contributed by atoms with Crippen LogP contribution in [-0.2, 0) is 4.74 Å². The second-order valence-electron chi connectivity index (χ2n) is 4.20. The normalized spacial score (nSPS) is 12.8. The molecule has 0 aromatic heterocycles. The number of hydrogen-bond acceptors (Lipinski definition) is 3. The third-order valence-electron chi connectivity index (χ3n) is 2.53. The average molecular weight is 249 g/mol. The first-order valence-corrected chi connectivity index (χ1v) is 6.34. The van der Waals surface area contributed by atoms with Gasteiger partial charge in [0.2, 0.25) is 0 Å². The van der Waals surface area contributed by atoms with E-state index in [1.54, 1.807) is 7.11 Å². The van der Waals surface area contributed by atoms with Gasteiger partial charge in [0.1, 0.15) is 12.4 Å². The van der Waals surface area contributed by atoms with Crippen molar-refractivity contribution in [3.05, 3.63) is 35.9 Å². The smallest absolute Gasteiger partial charge is 0.126 e. The van der Waals surface area contributed by atoms with Crippen LogP contribution >= 0.6 is 0 Å². The number of para-hydroxylation sites is 1. The molecular formula is C15H23NO2. The number of ether oxygens (including phenoxy) is 2. The van der Waals surface area contributed by atoms with Gasteiger partial charge in [-0.15, -0.1) is 0 Å². The highest BCUT2D eigenvalue weighted by Gasteiger charge is 2.01. The van der Waals surface area contributed by atoms with Crippen molar-refractivity contribution < 1.29 is 9.47 Å². The number of allylic oxidation sites excluding steroid dienone is 1. The van der Waals surface area contributed by atoms with Crippen molar-refractivity contribution in [3.63, 3.8) is 0 Å². The van der Waals surface area contributed by atoms with Crippen molar-refractivity contribution in [1.82, 2.24) is 5.32 Å². The van der Waals surface area contributed by atoms with Gasteiger partial charge in [-0.1, -0.05) is 30.4 Å². The maximum atomic E-state index is 5.76. The van der Waals surface area contributed by atoms with E-state index in [9.17, 15) is 0 Å². The fourth-order valence-electron chi connectivity index (χ4n) is 1.70. The van der Waals surface area contributed by atoms with E-state index in [1.807, 2.05) is 31.2 Å². The Morgan fingerprint density at radius 3 is 2.83 bits per heavy atom. The van der Waals surface area contributed by atoms with Gasteiger partial charge in [0.25, 0.3) is 0 Å². The van der Waals surface area contributed by atoms with Crippen molar-refractivity contribution in [3.8, 4) is 5.75 Å². The topological polar surface area (TPSA) is 30.5 Å². The van der Waals surface area contributed by atoms with Crippen molar-refractivity contribution in [2.24, 2.45) is 0 Å².